The summed E-state index contributed by atoms with van der Waals surface area (Å²) in [5.41, 5.74) is 4.37. The third-order valence-electron chi connectivity index (χ3n) is 5.79. The first-order valence-corrected chi connectivity index (χ1v) is 10.7. The molecule has 1 saturated heterocycles. The van der Waals surface area contributed by atoms with E-state index >= 15 is 0 Å². The van der Waals surface area contributed by atoms with Crippen molar-refractivity contribution in [2.45, 2.75) is 19.8 Å². The van der Waals surface area contributed by atoms with Gasteiger partial charge in [0.25, 0.3) is 0 Å². The lowest BCUT2D eigenvalue weighted by molar-refractivity contribution is -0.131. The predicted molar refractivity (Wildman–Crippen MR) is 122 cm³/mol. The predicted octanol–water partition coefficient (Wildman–Crippen LogP) is 3.74. The molecule has 1 amide bonds. The lowest BCUT2D eigenvalue weighted by Crippen LogP contribution is -2.49. The van der Waals surface area contributed by atoms with E-state index in [1.807, 2.05) is 47.4 Å². The summed E-state index contributed by atoms with van der Waals surface area (Å²) in [5, 5.41) is 0. The Hall–Kier alpha value is -3.41. The van der Waals surface area contributed by atoms with E-state index < -0.39 is 0 Å². The molecule has 1 aliphatic heterocycles. The minimum absolute atomic E-state index is 0.200. The quantitative estimate of drug-likeness (QED) is 0.613. The number of piperazine rings is 1. The zero-order chi connectivity index (χ0) is 21.6. The van der Waals surface area contributed by atoms with Crippen molar-refractivity contribution in [1.82, 2.24) is 14.9 Å². The number of hydrogen-bond donors (Lipinski definition) is 0. The summed E-state index contributed by atoms with van der Waals surface area (Å²) >= 11 is 0. The molecule has 1 aromatic heterocycles. The molecule has 2 aromatic carbocycles. The second kappa shape index (κ2) is 9.60. The van der Waals surface area contributed by atoms with Gasteiger partial charge in [-0.25, -0.2) is 9.97 Å². The molecule has 2 heterocycles. The zero-order valence-electron chi connectivity index (χ0n) is 18.1. The number of aryl methyl sites for hydroxylation is 2. The molecular weight excluding hydrogens is 388 g/mol. The van der Waals surface area contributed by atoms with Crippen LogP contribution in [0.5, 0.6) is 5.75 Å². The Morgan fingerprint density at radius 2 is 1.81 bits per heavy atom. The fourth-order valence-corrected chi connectivity index (χ4v) is 3.95. The molecule has 0 N–H and O–H groups in total. The van der Waals surface area contributed by atoms with Gasteiger partial charge >= 0.3 is 0 Å². The number of benzene rings is 2. The van der Waals surface area contributed by atoms with Crippen LogP contribution in [0.2, 0.25) is 0 Å². The van der Waals surface area contributed by atoms with Gasteiger partial charge in [-0.2, -0.15) is 0 Å². The normalized spacial score (nSPS) is 13.9. The van der Waals surface area contributed by atoms with E-state index in [0.29, 0.717) is 19.5 Å². The molecule has 6 nitrogen and oxygen atoms in total. The highest BCUT2D eigenvalue weighted by molar-refractivity contribution is 5.77. The average Bonchev–Trinajstić information content (AvgIpc) is 2.83. The molecule has 1 fully saturated rings. The van der Waals surface area contributed by atoms with Crippen molar-refractivity contribution in [3.05, 3.63) is 72.1 Å². The minimum atomic E-state index is 0.200. The molecule has 6 heteroatoms. The van der Waals surface area contributed by atoms with E-state index in [9.17, 15) is 4.79 Å². The van der Waals surface area contributed by atoms with E-state index in [-0.39, 0.29) is 5.91 Å². The van der Waals surface area contributed by atoms with Gasteiger partial charge in [0.1, 0.15) is 17.9 Å². The van der Waals surface area contributed by atoms with Crippen molar-refractivity contribution in [2.24, 2.45) is 0 Å². The molecule has 0 radical (unpaired) electrons. The standard InChI is InChI=1S/C25H28N4O2/c1-19-6-3-4-9-22(19)23-17-24(27-18-26-23)28-12-14-29(15-13-28)25(30)11-10-20-7-5-8-21(16-20)31-2/h3-9,16-18H,10-15H2,1-2H3. The maximum Gasteiger partial charge on any atom is 0.223 e. The van der Waals surface area contributed by atoms with Crippen LogP contribution in [0.15, 0.2) is 60.9 Å². The number of carbonyl (C=O) groups excluding carboxylic acids is 1. The molecule has 31 heavy (non-hydrogen) atoms. The zero-order valence-corrected chi connectivity index (χ0v) is 18.1. The summed E-state index contributed by atoms with van der Waals surface area (Å²) in [7, 11) is 1.66. The van der Waals surface area contributed by atoms with Crippen molar-refractivity contribution in [3.8, 4) is 17.0 Å². The number of carbonyl (C=O) groups is 1. The van der Waals surface area contributed by atoms with E-state index in [0.717, 1.165) is 47.9 Å². The molecule has 0 atom stereocenters. The maximum atomic E-state index is 12.7. The fraction of sp³-hybridized carbons (Fsp3) is 0.320. The van der Waals surface area contributed by atoms with E-state index in [2.05, 4.69) is 33.9 Å². The third kappa shape index (κ3) is 5.02. The second-order valence-electron chi connectivity index (χ2n) is 7.80. The van der Waals surface area contributed by atoms with Gasteiger partial charge in [-0.05, 0) is 36.6 Å². The summed E-state index contributed by atoms with van der Waals surface area (Å²) in [6, 6.07) is 18.2. The fourth-order valence-electron chi connectivity index (χ4n) is 3.95. The molecule has 0 saturated carbocycles. The van der Waals surface area contributed by atoms with Gasteiger partial charge in [-0.1, -0.05) is 36.4 Å². The first kappa shape index (κ1) is 20.8. The molecule has 3 aromatic rings. The van der Waals surface area contributed by atoms with Crippen molar-refractivity contribution >= 4 is 11.7 Å². The Balaban J connectivity index is 1.34. The van der Waals surface area contributed by atoms with Crippen LogP contribution in [-0.4, -0.2) is 54.1 Å². The van der Waals surface area contributed by atoms with Crippen LogP contribution in [0.1, 0.15) is 17.5 Å². The van der Waals surface area contributed by atoms with E-state index in [1.54, 1.807) is 13.4 Å². The minimum Gasteiger partial charge on any atom is -0.497 e. The van der Waals surface area contributed by atoms with Crippen molar-refractivity contribution in [2.75, 3.05) is 38.2 Å². The summed E-state index contributed by atoms with van der Waals surface area (Å²) in [4.78, 5) is 25.8. The number of ether oxygens (including phenoxy) is 1. The Kier molecular flexibility index (Phi) is 6.46. The van der Waals surface area contributed by atoms with Gasteiger partial charge in [0.2, 0.25) is 5.91 Å². The first-order valence-electron chi connectivity index (χ1n) is 10.7. The molecule has 4 rings (SSSR count). The van der Waals surface area contributed by atoms with Crippen molar-refractivity contribution in [1.29, 1.82) is 0 Å². The number of anilines is 1. The van der Waals surface area contributed by atoms with Crippen LogP contribution in [0.3, 0.4) is 0 Å². The van der Waals surface area contributed by atoms with Gasteiger partial charge in [0.15, 0.2) is 0 Å². The first-order chi connectivity index (χ1) is 15.1. The summed E-state index contributed by atoms with van der Waals surface area (Å²) in [5.74, 6) is 1.94. The second-order valence-corrected chi connectivity index (χ2v) is 7.80. The Bertz CT molecular complexity index is 1040. The van der Waals surface area contributed by atoms with E-state index in [4.69, 9.17) is 4.74 Å². The summed E-state index contributed by atoms with van der Waals surface area (Å²) < 4.78 is 5.26. The lowest BCUT2D eigenvalue weighted by Gasteiger charge is -2.35. The van der Waals surface area contributed by atoms with Crippen LogP contribution < -0.4 is 9.64 Å². The van der Waals surface area contributed by atoms with Crippen molar-refractivity contribution < 1.29 is 9.53 Å². The topological polar surface area (TPSA) is 58.6 Å². The third-order valence-corrected chi connectivity index (χ3v) is 5.79. The summed E-state index contributed by atoms with van der Waals surface area (Å²) in [6.07, 6.45) is 2.86. The maximum absolute atomic E-state index is 12.7. The van der Waals surface area contributed by atoms with Gasteiger partial charge < -0.3 is 14.5 Å². The van der Waals surface area contributed by atoms with E-state index in [1.165, 1.54) is 5.56 Å². The van der Waals surface area contributed by atoms with Gasteiger partial charge in [0, 0.05) is 44.2 Å². The largest absolute Gasteiger partial charge is 0.497 e. The molecular formula is C25H28N4O2. The molecule has 0 bridgehead atoms. The van der Waals surface area contributed by atoms with Gasteiger partial charge in [0.05, 0.1) is 12.8 Å². The highest BCUT2D eigenvalue weighted by Gasteiger charge is 2.22. The van der Waals surface area contributed by atoms with Gasteiger partial charge in [-0.3, -0.25) is 4.79 Å². The lowest BCUT2D eigenvalue weighted by atomic mass is 10.1. The Morgan fingerprint density at radius 1 is 1.00 bits per heavy atom. The Morgan fingerprint density at radius 3 is 2.58 bits per heavy atom. The molecule has 0 unspecified atom stereocenters. The summed E-state index contributed by atoms with van der Waals surface area (Å²) in [6.45, 7) is 5.05. The highest BCUT2D eigenvalue weighted by atomic mass is 16.5. The number of amides is 1. The van der Waals surface area contributed by atoms with Crippen LogP contribution >= 0.6 is 0 Å². The number of methoxy groups -OCH3 is 1. The number of nitrogens with zero attached hydrogens (tertiary/aromatic N) is 4. The molecule has 160 valence electrons. The smallest absolute Gasteiger partial charge is 0.223 e. The number of rotatable bonds is 6. The average molecular weight is 417 g/mol. The molecule has 1 aliphatic rings. The highest BCUT2D eigenvalue weighted by Crippen LogP contribution is 2.24. The number of aromatic nitrogens is 2. The van der Waals surface area contributed by atoms with Crippen molar-refractivity contribution in [3.63, 3.8) is 0 Å². The SMILES string of the molecule is COc1cccc(CCC(=O)N2CCN(c3cc(-c4ccccc4C)ncn3)CC2)c1. The number of hydrogen-bond acceptors (Lipinski definition) is 5. The van der Waals surface area contributed by atoms with Gasteiger partial charge in [-0.15, -0.1) is 0 Å². The van der Waals surface area contributed by atoms with Crippen LogP contribution in [-0.2, 0) is 11.2 Å². The van der Waals surface area contributed by atoms with Crippen LogP contribution in [0, 0.1) is 6.92 Å². The molecule has 0 aliphatic carbocycles. The monoisotopic (exact) mass is 416 g/mol. The Labute approximate surface area is 183 Å². The van der Waals surface area contributed by atoms with Crippen LogP contribution in [0.25, 0.3) is 11.3 Å². The molecule has 0 spiro atoms. The van der Waals surface area contributed by atoms with Crippen LogP contribution in [0.4, 0.5) is 5.82 Å².